The maximum atomic E-state index is 13.7. The lowest BCUT2D eigenvalue weighted by molar-refractivity contribution is -0.132. The van der Waals surface area contributed by atoms with Gasteiger partial charge in [-0.3, -0.25) is 14.5 Å². The summed E-state index contributed by atoms with van der Waals surface area (Å²) in [6.45, 7) is 6.53. The van der Waals surface area contributed by atoms with Crippen LogP contribution >= 0.6 is 0 Å². The second-order valence-corrected chi connectivity index (χ2v) is 10.2. The minimum Gasteiger partial charge on any atom is -0.507 e. The molecule has 4 aromatic rings. The van der Waals surface area contributed by atoms with Crippen LogP contribution in [-0.4, -0.2) is 42.5 Å². The highest BCUT2D eigenvalue weighted by atomic mass is 16.5. The minimum atomic E-state index is -0.819. The number of hydrogen-bond acceptors (Lipinski definition) is 5. The van der Waals surface area contributed by atoms with Gasteiger partial charge in [-0.25, -0.2) is 0 Å². The summed E-state index contributed by atoms with van der Waals surface area (Å²) in [5.41, 5.74) is 4.59. The van der Waals surface area contributed by atoms with Crippen molar-refractivity contribution < 1.29 is 19.4 Å². The zero-order valence-corrected chi connectivity index (χ0v) is 22.9. The highest BCUT2D eigenvalue weighted by Crippen LogP contribution is 2.45. The molecule has 1 saturated heterocycles. The Hall–Kier alpha value is -4.52. The van der Waals surface area contributed by atoms with Crippen LogP contribution in [0.5, 0.6) is 5.75 Å². The number of hydrogen-bond donors (Lipinski definition) is 2. The number of carbonyl (C=O) groups is 2. The smallest absolute Gasteiger partial charge is 0.300 e. The predicted molar refractivity (Wildman–Crippen MR) is 156 cm³/mol. The summed E-state index contributed by atoms with van der Waals surface area (Å²) >= 11 is 0. The number of amides is 1. The van der Waals surface area contributed by atoms with Gasteiger partial charge in [0.15, 0.2) is 0 Å². The fourth-order valence-electron chi connectivity index (χ4n) is 5.21. The Morgan fingerprint density at radius 1 is 1.05 bits per heavy atom. The van der Waals surface area contributed by atoms with Crippen LogP contribution in [0.1, 0.15) is 49.4 Å². The molecule has 1 aliphatic rings. The average molecular weight is 524 g/mol. The Morgan fingerprint density at radius 3 is 2.44 bits per heavy atom. The molecule has 7 nitrogen and oxygen atoms in total. The summed E-state index contributed by atoms with van der Waals surface area (Å²) in [5.74, 6) is -0.750. The number of rotatable bonds is 7. The lowest BCUT2D eigenvalue weighted by atomic mass is 9.93. The van der Waals surface area contributed by atoms with Crippen molar-refractivity contribution in [2.24, 2.45) is 0 Å². The quantitative estimate of drug-likeness (QED) is 0.167. The predicted octanol–water partition coefficient (Wildman–Crippen LogP) is 6.38. The van der Waals surface area contributed by atoms with E-state index in [1.54, 1.807) is 6.07 Å². The van der Waals surface area contributed by atoms with Crippen molar-refractivity contribution in [3.8, 4) is 5.75 Å². The third-order valence-electron chi connectivity index (χ3n) is 7.21. The largest absolute Gasteiger partial charge is 0.507 e. The van der Waals surface area contributed by atoms with E-state index in [0.717, 1.165) is 33.5 Å². The monoisotopic (exact) mass is 523 g/mol. The Morgan fingerprint density at radius 2 is 1.77 bits per heavy atom. The van der Waals surface area contributed by atoms with E-state index in [1.165, 1.54) is 4.90 Å². The molecule has 200 valence electrons. The Labute approximate surface area is 228 Å². The molecule has 5 rings (SSSR count). The second-order valence-electron chi connectivity index (χ2n) is 10.2. The molecule has 0 bridgehead atoms. The Bertz CT molecular complexity index is 1580. The number of nitrogens with one attached hydrogen (secondary N) is 1. The molecule has 2 N–H and O–H groups in total. The van der Waals surface area contributed by atoms with Crippen LogP contribution in [0.2, 0.25) is 0 Å². The van der Waals surface area contributed by atoms with E-state index in [0.29, 0.717) is 17.9 Å². The first kappa shape index (κ1) is 26.1. The highest BCUT2D eigenvalue weighted by Gasteiger charge is 2.47. The first-order valence-corrected chi connectivity index (χ1v) is 13.1. The van der Waals surface area contributed by atoms with Gasteiger partial charge in [-0.15, -0.1) is 0 Å². The molecule has 0 spiro atoms. The molecular formula is C32H33N3O4. The van der Waals surface area contributed by atoms with Gasteiger partial charge in [0.25, 0.3) is 11.7 Å². The molecule has 0 saturated carbocycles. The van der Waals surface area contributed by atoms with E-state index < -0.39 is 17.7 Å². The number of ether oxygens (including phenoxy) is 1. The average Bonchev–Trinajstić information content (AvgIpc) is 3.47. The fourth-order valence-corrected chi connectivity index (χ4v) is 5.21. The molecule has 1 atom stereocenters. The lowest BCUT2D eigenvalue weighted by Crippen LogP contribution is -2.29. The number of H-pyrrole nitrogens is 1. The number of carbonyl (C=O) groups excluding carboxylic acids is 2. The van der Waals surface area contributed by atoms with Crippen LogP contribution in [0.15, 0.2) is 78.5 Å². The first-order valence-electron chi connectivity index (χ1n) is 13.1. The SMILES string of the molecule is CCOc1ccc(/C(O)=C2\C(=O)C(=O)N(c3ccc(N(C)C)cc3)C2c2c[nH]c3ccccc23)cc1C(C)C. The van der Waals surface area contributed by atoms with Crippen molar-refractivity contribution in [2.45, 2.75) is 32.7 Å². The normalized spacial score (nSPS) is 16.9. The van der Waals surface area contributed by atoms with Gasteiger partial charge in [0, 0.05) is 53.7 Å². The number of aliphatic hydroxyl groups excluding tert-OH is 1. The molecule has 1 aromatic heterocycles. The standard InChI is InChI=1S/C32H33N3O4/c1-6-39-27-16-11-20(17-24(27)19(2)3)30(36)28-29(25-18-33-26-10-8-7-9-23(25)26)35(32(38)31(28)37)22-14-12-21(13-15-22)34(4)5/h7-19,29,33,36H,6H2,1-5H3/b30-28+. The summed E-state index contributed by atoms with van der Waals surface area (Å²) < 4.78 is 5.79. The summed E-state index contributed by atoms with van der Waals surface area (Å²) in [7, 11) is 3.88. The molecule has 2 heterocycles. The van der Waals surface area contributed by atoms with Crippen molar-refractivity contribution in [3.05, 3.63) is 95.2 Å². The summed E-state index contributed by atoms with van der Waals surface area (Å²) in [6, 6.07) is 19.8. The fraction of sp³-hybridized carbons (Fsp3) is 0.250. The van der Waals surface area contributed by atoms with Gasteiger partial charge in [-0.1, -0.05) is 32.0 Å². The molecular weight excluding hydrogens is 490 g/mol. The Kier molecular flexibility index (Phi) is 6.91. The number of para-hydroxylation sites is 1. The number of benzene rings is 3. The second kappa shape index (κ2) is 10.3. The van der Waals surface area contributed by atoms with Crippen LogP contribution in [0.3, 0.4) is 0 Å². The molecule has 7 heteroatoms. The van der Waals surface area contributed by atoms with Crippen LogP contribution in [0.25, 0.3) is 16.7 Å². The van der Waals surface area contributed by atoms with E-state index in [4.69, 9.17) is 4.74 Å². The topological polar surface area (TPSA) is 85.9 Å². The molecule has 1 aliphatic heterocycles. The van der Waals surface area contributed by atoms with Gasteiger partial charge >= 0.3 is 0 Å². The van der Waals surface area contributed by atoms with Crippen LogP contribution in [0, 0.1) is 0 Å². The summed E-state index contributed by atoms with van der Waals surface area (Å²) in [4.78, 5) is 34.0. The third-order valence-corrected chi connectivity index (χ3v) is 7.21. The molecule has 1 unspecified atom stereocenters. The Balaban J connectivity index is 1.73. The van der Waals surface area contributed by atoms with Crippen LogP contribution < -0.4 is 14.5 Å². The number of aromatic nitrogens is 1. The van der Waals surface area contributed by atoms with E-state index in [-0.39, 0.29) is 17.3 Å². The molecule has 1 fully saturated rings. The van der Waals surface area contributed by atoms with Crippen LogP contribution in [0.4, 0.5) is 11.4 Å². The van der Waals surface area contributed by atoms with Gasteiger partial charge < -0.3 is 19.7 Å². The van der Waals surface area contributed by atoms with Gasteiger partial charge in [0.05, 0.1) is 18.2 Å². The highest BCUT2D eigenvalue weighted by molar-refractivity contribution is 6.51. The minimum absolute atomic E-state index is 0.0558. The van der Waals surface area contributed by atoms with Crippen molar-refractivity contribution in [2.75, 3.05) is 30.5 Å². The van der Waals surface area contributed by atoms with E-state index in [9.17, 15) is 14.7 Å². The van der Waals surface area contributed by atoms with Crippen molar-refractivity contribution in [3.63, 3.8) is 0 Å². The summed E-state index contributed by atoms with van der Waals surface area (Å²) in [5, 5.41) is 12.6. The molecule has 3 aromatic carbocycles. The number of aromatic amines is 1. The van der Waals surface area contributed by atoms with Crippen LogP contribution in [-0.2, 0) is 9.59 Å². The van der Waals surface area contributed by atoms with Gasteiger partial charge in [0.2, 0.25) is 0 Å². The maximum Gasteiger partial charge on any atom is 0.300 e. The van der Waals surface area contributed by atoms with Gasteiger partial charge in [-0.2, -0.15) is 0 Å². The summed E-state index contributed by atoms with van der Waals surface area (Å²) in [6.07, 6.45) is 1.81. The van der Waals surface area contributed by atoms with E-state index in [2.05, 4.69) is 4.98 Å². The van der Waals surface area contributed by atoms with Gasteiger partial charge in [0.1, 0.15) is 11.5 Å². The van der Waals surface area contributed by atoms with Crippen molar-refractivity contribution >= 4 is 39.7 Å². The first-order chi connectivity index (χ1) is 18.7. The zero-order valence-electron chi connectivity index (χ0n) is 22.9. The third kappa shape index (κ3) is 4.54. The lowest BCUT2D eigenvalue weighted by Gasteiger charge is -2.25. The van der Waals surface area contributed by atoms with E-state index in [1.807, 2.05) is 107 Å². The number of fused-ring (bicyclic) bond motifs is 1. The maximum absolute atomic E-state index is 13.7. The molecule has 39 heavy (non-hydrogen) atoms. The van der Waals surface area contributed by atoms with Crippen molar-refractivity contribution in [1.82, 2.24) is 4.98 Å². The molecule has 0 radical (unpaired) electrons. The van der Waals surface area contributed by atoms with Crippen molar-refractivity contribution in [1.29, 1.82) is 0 Å². The number of Topliss-reactive ketones (excluding diaryl/α,β-unsaturated/α-hetero) is 1. The molecule has 1 amide bonds. The zero-order chi connectivity index (χ0) is 27.8. The van der Waals surface area contributed by atoms with Gasteiger partial charge in [-0.05, 0) is 66.9 Å². The number of anilines is 2. The number of ketones is 1. The van der Waals surface area contributed by atoms with E-state index >= 15 is 0 Å². The number of aliphatic hydroxyl groups is 1. The number of nitrogens with zero attached hydrogens (tertiary/aromatic N) is 2. The molecule has 0 aliphatic carbocycles.